The van der Waals surface area contributed by atoms with E-state index in [4.69, 9.17) is 0 Å². The first-order valence-corrected chi connectivity index (χ1v) is 3.71. The van der Waals surface area contributed by atoms with Gasteiger partial charge in [-0.25, -0.2) is 0 Å². The highest BCUT2D eigenvalue weighted by molar-refractivity contribution is 5.56. The highest BCUT2D eigenvalue weighted by Gasteiger charge is 1.79. The third kappa shape index (κ3) is 9.03. The summed E-state index contributed by atoms with van der Waals surface area (Å²) in [4.78, 5) is 4.49. The van der Waals surface area contributed by atoms with Gasteiger partial charge in [-0.05, 0) is 19.8 Å². The highest BCUT2D eigenvalue weighted by atomic mass is 16.6. The summed E-state index contributed by atoms with van der Waals surface area (Å²) in [6.45, 7) is 3.61. The molecule has 0 amide bonds. The Bertz CT molecular complexity index is 153. The van der Waals surface area contributed by atoms with Crippen molar-refractivity contribution >= 4 is 6.21 Å². The minimum Gasteiger partial charge on any atom is -0.399 e. The predicted octanol–water partition coefficient (Wildman–Crippen LogP) is 2.02. The molecule has 1 radical (unpaired) electrons. The van der Waals surface area contributed by atoms with Crippen LogP contribution in [0.5, 0.6) is 0 Å². The van der Waals surface area contributed by atoms with Crippen LogP contribution in [-0.4, -0.2) is 13.3 Å². The molecule has 0 aromatic heterocycles. The molecule has 0 aliphatic carbocycles. The van der Waals surface area contributed by atoms with Crippen molar-refractivity contribution in [3.05, 3.63) is 6.92 Å². The molecule has 0 aromatic rings. The van der Waals surface area contributed by atoms with E-state index >= 15 is 0 Å². The zero-order valence-corrected chi connectivity index (χ0v) is 6.97. The first kappa shape index (κ1) is 10.0. The lowest BCUT2D eigenvalue weighted by Gasteiger charge is -1.86. The van der Waals surface area contributed by atoms with E-state index in [1.165, 1.54) is 0 Å². The van der Waals surface area contributed by atoms with E-state index in [0.717, 1.165) is 19.3 Å². The smallest absolute Gasteiger partial charge is 0.106 e. The van der Waals surface area contributed by atoms with E-state index in [9.17, 15) is 0 Å². The van der Waals surface area contributed by atoms with Crippen molar-refractivity contribution < 1.29 is 4.84 Å². The Morgan fingerprint density at radius 3 is 3.00 bits per heavy atom. The van der Waals surface area contributed by atoms with Crippen molar-refractivity contribution in [3.63, 3.8) is 0 Å². The minimum atomic E-state index is 0.701. The van der Waals surface area contributed by atoms with E-state index in [1.807, 2.05) is 0 Å². The van der Waals surface area contributed by atoms with Crippen LogP contribution in [0, 0.1) is 18.8 Å². The Hall–Kier alpha value is -0.970. The van der Waals surface area contributed by atoms with Crippen LogP contribution in [0.25, 0.3) is 0 Å². The molecule has 0 atom stereocenters. The molecule has 0 rings (SSSR count). The quantitative estimate of drug-likeness (QED) is 0.261. The Balaban J connectivity index is 3.08. The molecule has 61 valence electrons. The first-order chi connectivity index (χ1) is 5.41. The second-order valence-electron chi connectivity index (χ2n) is 1.97. The first-order valence-electron chi connectivity index (χ1n) is 3.71. The molecular weight excluding hydrogens is 138 g/mol. The largest absolute Gasteiger partial charge is 0.399 e. The minimum absolute atomic E-state index is 0.701. The van der Waals surface area contributed by atoms with Crippen molar-refractivity contribution in [2.24, 2.45) is 5.16 Å². The predicted molar refractivity (Wildman–Crippen MR) is 47.1 cm³/mol. The van der Waals surface area contributed by atoms with Crippen molar-refractivity contribution in [1.29, 1.82) is 0 Å². The lowest BCUT2D eigenvalue weighted by molar-refractivity contribution is 0.214. The molecule has 0 heterocycles. The molecule has 0 aliphatic rings. The molecule has 0 unspecified atom stereocenters. The van der Waals surface area contributed by atoms with Crippen molar-refractivity contribution in [3.8, 4) is 11.8 Å². The number of hydrogen-bond donors (Lipinski definition) is 0. The zero-order valence-electron chi connectivity index (χ0n) is 6.97. The van der Waals surface area contributed by atoms with Gasteiger partial charge in [0.25, 0.3) is 0 Å². The molecule has 2 heteroatoms. The molecule has 0 aromatic carbocycles. The summed E-state index contributed by atoms with van der Waals surface area (Å²) in [7, 11) is 1.54. The van der Waals surface area contributed by atoms with Crippen molar-refractivity contribution in [1.82, 2.24) is 0 Å². The van der Waals surface area contributed by atoms with Crippen LogP contribution in [0.4, 0.5) is 0 Å². The number of oxime groups is 1. The number of nitrogens with zero attached hydrogens (tertiary/aromatic N) is 1. The van der Waals surface area contributed by atoms with Gasteiger partial charge in [-0.3, -0.25) is 0 Å². The summed E-state index contributed by atoms with van der Waals surface area (Å²) >= 11 is 0. The molecule has 2 nitrogen and oxygen atoms in total. The monoisotopic (exact) mass is 152 g/mol. The topological polar surface area (TPSA) is 21.6 Å². The second kappa shape index (κ2) is 9.03. The van der Waals surface area contributed by atoms with Gasteiger partial charge in [-0.1, -0.05) is 5.16 Å². The summed E-state index contributed by atoms with van der Waals surface area (Å²) < 4.78 is 0. The molecule has 11 heavy (non-hydrogen) atoms. The molecule has 0 saturated heterocycles. The highest BCUT2D eigenvalue weighted by Crippen LogP contribution is 1.90. The Morgan fingerprint density at radius 1 is 1.55 bits per heavy atom. The molecule has 0 aliphatic heterocycles. The van der Waals surface area contributed by atoms with Gasteiger partial charge in [-0.2, -0.15) is 0 Å². The normalized spacial score (nSPS) is 9.27. The van der Waals surface area contributed by atoms with Gasteiger partial charge in [0.1, 0.15) is 7.11 Å². The number of hydrogen-bond acceptors (Lipinski definition) is 2. The fourth-order valence-corrected chi connectivity index (χ4v) is 0.586. The standard InChI is InChI=1S/C9H14NO/c1-3-4-5-6-7-8-9-10-11-2/h9H,1,3,6-8H2,2H3. The van der Waals surface area contributed by atoms with Crippen molar-refractivity contribution in [2.75, 3.05) is 7.11 Å². The molecule has 0 saturated carbocycles. The van der Waals surface area contributed by atoms with E-state index in [-0.39, 0.29) is 0 Å². The van der Waals surface area contributed by atoms with Gasteiger partial charge in [0, 0.05) is 19.1 Å². The maximum atomic E-state index is 4.49. The van der Waals surface area contributed by atoms with Crippen LogP contribution in [0.15, 0.2) is 5.16 Å². The van der Waals surface area contributed by atoms with Crippen LogP contribution in [0.1, 0.15) is 25.7 Å². The average Bonchev–Trinajstić information content (AvgIpc) is 2.03. The summed E-state index contributed by atoms with van der Waals surface area (Å²) in [5.74, 6) is 5.90. The second-order valence-corrected chi connectivity index (χ2v) is 1.97. The number of unbranched alkanes of at least 4 members (excludes halogenated alkanes) is 2. The van der Waals surface area contributed by atoms with E-state index in [2.05, 4.69) is 28.8 Å². The lowest BCUT2D eigenvalue weighted by Crippen LogP contribution is -1.77. The molecule has 0 bridgehead atoms. The fraction of sp³-hybridized carbons (Fsp3) is 0.556. The van der Waals surface area contributed by atoms with Gasteiger partial charge < -0.3 is 4.84 Å². The summed E-state index contributed by atoms with van der Waals surface area (Å²) in [5, 5.41) is 3.60. The van der Waals surface area contributed by atoms with E-state index in [1.54, 1.807) is 13.3 Å². The summed E-state index contributed by atoms with van der Waals surface area (Å²) in [5.41, 5.74) is 0. The SMILES string of the molecule is [CH2]CC#CCCCC=NOC. The van der Waals surface area contributed by atoms with E-state index in [0.29, 0.717) is 6.42 Å². The van der Waals surface area contributed by atoms with Crippen LogP contribution in [-0.2, 0) is 4.84 Å². The molecule has 0 N–H and O–H groups in total. The fourth-order valence-electron chi connectivity index (χ4n) is 0.586. The average molecular weight is 152 g/mol. The Morgan fingerprint density at radius 2 is 2.36 bits per heavy atom. The van der Waals surface area contributed by atoms with E-state index < -0.39 is 0 Å². The van der Waals surface area contributed by atoms with Crippen LogP contribution < -0.4 is 0 Å². The van der Waals surface area contributed by atoms with Gasteiger partial charge in [0.2, 0.25) is 0 Å². The molecular formula is C9H14NO. The number of rotatable bonds is 4. The maximum Gasteiger partial charge on any atom is 0.106 e. The van der Waals surface area contributed by atoms with Crippen molar-refractivity contribution in [2.45, 2.75) is 25.7 Å². The van der Waals surface area contributed by atoms with Gasteiger partial charge >= 0.3 is 0 Å². The zero-order chi connectivity index (χ0) is 8.36. The lowest BCUT2D eigenvalue weighted by atomic mass is 10.2. The summed E-state index contributed by atoms with van der Waals surface area (Å²) in [6.07, 6.45) is 5.35. The third-order valence-electron chi connectivity index (χ3n) is 1.06. The Kier molecular flexibility index (Phi) is 8.23. The molecule has 0 spiro atoms. The Labute approximate surface area is 68.6 Å². The van der Waals surface area contributed by atoms with Crippen LogP contribution >= 0.6 is 0 Å². The molecule has 0 fully saturated rings. The third-order valence-corrected chi connectivity index (χ3v) is 1.06. The van der Waals surface area contributed by atoms with Crippen LogP contribution in [0.3, 0.4) is 0 Å². The van der Waals surface area contributed by atoms with Gasteiger partial charge in [0.05, 0.1) is 0 Å². The maximum absolute atomic E-state index is 4.49. The van der Waals surface area contributed by atoms with Crippen LogP contribution in [0.2, 0.25) is 0 Å². The van der Waals surface area contributed by atoms with Gasteiger partial charge in [-0.15, -0.1) is 11.8 Å². The summed E-state index contributed by atoms with van der Waals surface area (Å²) in [6, 6.07) is 0. The van der Waals surface area contributed by atoms with Gasteiger partial charge in [0.15, 0.2) is 0 Å².